The van der Waals surface area contributed by atoms with Crippen molar-refractivity contribution in [3.8, 4) is 0 Å². The molecule has 1 rings (SSSR count). The Labute approximate surface area is 130 Å². The maximum atomic E-state index is 12.6. The van der Waals surface area contributed by atoms with Crippen LogP contribution in [0.2, 0.25) is 0 Å². The van der Waals surface area contributed by atoms with Crippen molar-refractivity contribution < 1.29 is 14.3 Å². The van der Waals surface area contributed by atoms with E-state index in [-0.39, 0.29) is 19.0 Å². The predicted octanol–water partition coefficient (Wildman–Crippen LogP) is 2.76. The first-order chi connectivity index (χ1) is 9.80. The number of halogens is 1. The van der Waals surface area contributed by atoms with E-state index >= 15 is 0 Å². The van der Waals surface area contributed by atoms with Crippen LogP contribution in [0.5, 0.6) is 0 Å². The fourth-order valence-electron chi connectivity index (χ4n) is 1.71. The number of rotatable bonds is 4. The molecule has 0 aliphatic carbocycles. The van der Waals surface area contributed by atoms with Crippen molar-refractivity contribution in [2.24, 2.45) is 5.73 Å². The van der Waals surface area contributed by atoms with E-state index in [1.54, 1.807) is 45.0 Å². The Bertz CT molecular complexity index is 512. The normalized spacial score (nSPS) is 11.1. The second-order valence-corrected chi connectivity index (χ2v) is 5.78. The summed E-state index contributed by atoms with van der Waals surface area (Å²) in [5.74, 6) is -0.266. The molecule has 2 amide bonds. The topological polar surface area (TPSA) is 72.6 Å². The lowest BCUT2D eigenvalue weighted by Gasteiger charge is -2.26. The van der Waals surface area contributed by atoms with E-state index in [1.807, 2.05) is 0 Å². The van der Waals surface area contributed by atoms with Crippen molar-refractivity contribution in [3.63, 3.8) is 0 Å². The van der Waals surface area contributed by atoms with E-state index < -0.39 is 17.6 Å². The number of carbonyl (C=O) groups excluding carboxylic acids is 2. The monoisotopic (exact) mass is 312 g/mol. The SMILES string of the molecule is CC(C)(C)OC(=O)N(CCN)C(=O)c1ccccc1CCl. The molecule has 0 aromatic heterocycles. The van der Waals surface area contributed by atoms with Crippen molar-refractivity contribution in [1.82, 2.24) is 4.90 Å². The molecule has 116 valence electrons. The highest BCUT2D eigenvalue weighted by Crippen LogP contribution is 2.16. The Morgan fingerprint density at radius 2 is 1.90 bits per heavy atom. The minimum Gasteiger partial charge on any atom is -0.443 e. The first-order valence-corrected chi connectivity index (χ1v) is 7.22. The van der Waals surface area contributed by atoms with Crippen molar-refractivity contribution in [2.45, 2.75) is 32.3 Å². The van der Waals surface area contributed by atoms with Crippen LogP contribution in [-0.4, -0.2) is 35.6 Å². The van der Waals surface area contributed by atoms with E-state index in [9.17, 15) is 9.59 Å². The first kappa shape index (κ1) is 17.5. The number of hydrogen-bond acceptors (Lipinski definition) is 4. The average molecular weight is 313 g/mol. The molecule has 0 heterocycles. The molecule has 0 radical (unpaired) electrons. The highest BCUT2D eigenvalue weighted by atomic mass is 35.5. The maximum absolute atomic E-state index is 12.6. The lowest BCUT2D eigenvalue weighted by atomic mass is 10.1. The summed E-state index contributed by atoms with van der Waals surface area (Å²) < 4.78 is 5.25. The third-order valence-corrected chi connectivity index (χ3v) is 2.89. The summed E-state index contributed by atoms with van der Waals surface area (Å²) in [4.78, 5) is 25.7. The van der Waals surface area contributed by atoms with Gasteiger partial charge in [0.25, 0.3) is 5.91 Å². The molecule has 0 aliphatic rings. The second-order valence-electron chi connectivity index (χ2n) is 5.52. The molecule has 0 fully saturated rings. The Balaban J connectivity index is 3.04. The lowest BCUT2D eigenvalue weighted by Crippen LogP contribution is -2.43. The van der Waals surface area contributed by atoms with Crippen LogP contribution in [-0.2, 0) is 10.6 Å². The zero-order chi connectivity index (χ0) is 16.0. The number of alkyl halides is 1. The lowest BCUT2D eigenvalue weighted by molar-refractivity contribution is 0.0246. The van der Waals surface area contributed by atoms with E-state index in [0.29, 0.717) is 11.1 Å². The van der Waals surface area contributed by atoms with Gasteiger partial charge in [-0.1, -0.05) is 18.2 Å². The van der Waals surface area contributed by atoms with Gasteiger partial charge in [-0.3, -0.25) is 4.79 Å². The molecule has 21 heavy (non-hydrogen) atoms. The highest BCUT2D eigenvalue weighted by molar-refractivity contribution is 6.18. The van der Waals surface area contributed by atoms with Crippen LogP contribution in [0.25, 0.3) is 0 Å². The van der Waals surface area contributed by atoms with Crippen molar-refractivity contribution in [1.29, 1.82) is 0 Å². The van der Waals surface area contributed by atoms with Gasteiger partial charge in [0.05, 0.1) is 0 Å². The van der Waals surface area contributed by atoms with Gasteiger partial charge in [0.15, 0.2) is 0 Å². The molecule has 0 spiro atoms. The van der Waals surface area contributed by atoms with Crippen molar-refractivity contribution in [3.05, 3.63) is 35.4 Å². The van der Waals surface area contributed by atoms with E-state index in [0.717, 1.165) is 4.90 Å². The molecule has 5 nitrogen and oxygen atoms in total. The molecule has 6 heteroatoms. The zero-order valence-electron chi connectivity index (χ0n) is 12.6. The van der Waals surface area contributed by atoms with Gasteiger partial charge in [0, 0.05) is 24.5 Å². The number of imide groups is 1. The third-order valence-electron chi connectivity index (χ3n) is 2.60. The van der Waals surface area contributed by atoms with Gasteiger partial charge in [0.1, 0.15) is 5.60 Å². The molecule has 0 bridgehead atoms. The molecule has 0 saturated carbocycles. The van der Waals surface area contributed by atoms with Gasteiger partial charge in [-0.05, 0) is 32.4 Å². The second kappa shape index (κ2) is 7.43. The fraction of sp³-hybridized carbons (Fsp3) is 0.467. The van der Waals surface area contributed by atoms with E-state index in [4.69, 9.17) is 22.1 Å². The number of ether oxygens (including phenoxy) is 1. The minimum atomic E-state index is -0.706. The summed E-state index contributed by atoms with van der Waals surface area (Å²) >= 11 is 5.83. The Morgan fingerprint density at radius 1 is 1.29 bits per heavy atom. The molecule has 1 aromatic carbocycles. The van der Waals surface area contributed by atoms with Crippen LogP contribution >= 0.6 is 11.6 Å². The van der Waals surface area contributed by atoms with Gasteiger partial charge >= 0.3 is 6.09 Å². The Hall–Kier alpha value is -1.59. The first-order valence-electron chi connectivity index (χ1n) is 6.69. The minimum absolute atomic E-state index is 0.0877. The summed E-state index contributed by atoms with van der Waals surface area (Å²) in [5.41, 5.74) is 5.85. The molecule has 0 unspecified atom stereocenters. The van der Waals surface area contributed by atoms with Gasteiger partial charge in [-0.2, -0.15) is 0 Å². The maximum Gasteiger partial charge on any atom is 0.417 e. The van der Waals surface area contributed by atoms with Crippen LogP contribution in [0, 0.1) is 0 Å². The van der Waals surface area contributed by atoms with Crippen LogP contribution in [0.1, 0.15) is 36.7 Å². The number of nitrogens with two attached hydrogens (primary N) is 1. The molecule has 0 saturated heterocycles. The van der Waals surface area contributed by atoms with Crippen LogP contribution < -0.4 is 5.73 Å². The number of amides is 2. The van der Waals surface area contributed by atoms with Crippen molar-refractivity contribution >= 4 is 23.6 Å². The molecule has 1 aromatic rings. The Kier molecular flexibility index (Phi) is 6.18. The van der Waals surface area contributed by atoms with Gasteiger partial charge in [0.2, 0.25) is 0 Å². The summed E-state index contributed by atoms with van der Waals surface area (Å²) in [6.07, 6.45) is -0.706. The van der Waals surface area contributed by atoms with Crippen molar-refractivity contribution in [2.75, 3.05) is 13.1 Å². The third kappa shape index (κ3) is 5.02. The van der Waals surface area contributed by atoms with Gasteiger partial charge in [-0.15, -0.1) is 11.6 Å². The molecular weight excluding hydrogens is 292 g/mol. The van der Waals surface area contributed by atoms with Crippen LogP contribution in [0.3, 0.4) is 0 Å². The standard InChI is InChI=1S/C15H21ClN2O3/c1-15(2,3)21-14(20)18(9-8-17)13(19)12-7-5-4-6-11(12)10-16/h4-7H,8-10,17H2,1-3H3. The largest absolute Gasteiger partial charge is 0.443 e. The Morgan fingerprint density at radius 3 is 2.43 bits per heavy atom. The van der Waals surface area contributed by atoms with Gasteiger partial charge < -0.3 is 10.5 Å². The van der Waals surface area contributed by atoms with E-state index in [1.165, 1.54) is 0 Å². The molecule has 2 N–H and O–H groups in total. The van der Waals surface area contributed by atoms with Crippen LogP contribution in [0.4, 0.5) is 4.79 Å². The highest BCUT2D eigenvalue weighted by Gasteiger charge is 2.28. The summed E-state index contributed by atoms with van der Waals surface area (Å²) in [5, 5.41) is 0. The van der Waals surface area contributed by atoms with Gasteiger partial charge in [-0.25, -0.2) is 9.69 Å². The smallest absolute Gasteiger partial charge is 0.417 e. The molecular formula is C15H21ClN2O3. The molecule has 0 aliphatic heterocycles. The number of carbonyl (C=O) groups is 2. The average Bonchev–Trinajstić information content (AvgIpc) is 2.42. The van der Waals surface area contributed by atoms with E-state index in [2.05, 4.69) is 0 Å². The summed E-state index contributed by atoms with van der Waals surface area (Å²) in [6, 6.07) is 6.89. The fourth-order valence-corrected chi connectivity index (χ4v) is 1.95. The predicted molar refractivity (Wildman–Crippen MR) is 82.3 cm³/mol. The summed E-state index contributed by atoms with van der Waals surface area (Å²) in [6.45, 7) is 5.46. The zero-order valence-corrected chi connectivity index (χ0v) is 13.3. The molecule has 0 atom stereocenters. The number of hydrogen-bond donors (Lipinski definition) is 1. The quantitative estimate of drug-likeness (QED) is 0.868. The number of benzene rings is 1. The number of nitrogens with zero attached hydrogens (tertiary/aromatic N) is 1. The van der Waals surface area contributed by atoms with Crippen LogP contribution in [0.15, 0.2) is 24.3 Å². The summed E-state index contributed by atoms with van der Waals surface area (Å²) in [7, 11) is 0.